The Balaban J connectivity index is 2.23. The second-order valence-electron chi connectivity index (χ2n) is 3.80. The van der Waals surface area contributed by atoms with Gasteiger partial charge < -0.3 is 20.9 Å². The fourth-order valence-electron chi connectivity index (χ4n) is 1.65. The molecule has 1 aliphatic heterocycles. The van der Waals surface area contributed by atoms with Crippen LogP contribution in [0.5, 0.6) is 0 Å². The van der Waals surface area contributed by atoms with E-state index in [0.29, 0.717) is 25.6 Å². The lowest BCUT2D eigenvalue weighted by Crippen LogP contribution is -2.56. The van der Waals surface area contributed by atoms with Gasteiger partial charge >= 0.3 is 6.03 Å². The summed E-state index contributed by atoms with van der Waals surface area (Å²) >= 11 is 0. The number of nitrogens with two attached hydrogens (primary N) is 1. The van der Waals surface area contributed by atoms with Crippen molar-refractivity contribution in [2.45, 2.75) is 0 Å². The van der Waals surface area contributed by atoms with Crippen LogP contribution in [0, 0.1) is 5.92 Å². The van der Waals surface area contributed by atoms with Crippen LogP contribution in [0.25, 0.3) is 0 Å². The van der Waals surface area contributed by atoms with Gasteiger partial charge in [-0.3, -0.25) is 4.79 Å². The van der Waals surface area contributed by atoms with Gasteiger partial charge in [-0.1, -0.05) is 0 Å². The zero-order valence-corrected chi connectivity index (χ0v) is 9.19. The lowest BCUT2D eigenvalue weighted by atomic mass is 10.0. The van der Waals surface area contributed by atoms with Crippen LogP contribution >= 0.6 is 0 Å². The van der Waals surface area contributed by atoms with E-state index in [0.717, 1.165) is 0 Å². The summed E-state index contributed by atoms with van der Waals surface area (Å²) in [7, 11) is 3.34. The van der Waals surface area contributed by atoms with E-state index in [4.69, 9.17) is 5.73 Å². The molecule has 15 heavy (non-hydrogen) atoms. The van der Waals surface area contributed by atoms with Gasteiger partial charge in [0.15, 0.2) is 0 Å². The maximum Gasteiger partial charge on any atom is 0.317 e. The molecule has 0 saturated carbocycles. The number of hydrogen-bond acceptors (Lipinski definition) is 3. The van der Waals surface area contributed by atoms with Crippen molar-refractivity contribution in [2.75, 3.05) is 40.3 Å². The third-order valence-corrected chi connectivity index (χ3v) is 2.59. The fourth-order valence-corrected chi connectivity index (χ4v) is 1.65. The number of rotatable bonds is 3. The Kier molecular flexibility index (Phi) is 3.90. The predicted molar refractivity (Wildman–Crippen MR) is 56.2 cm³/mol. The lowest BCUT2D eigenvalue weighted by Gasteiger charge is -2.40. The Bertz CT molecular complexity index is 250. The maximum absolute atomic E-state index is 11.2. The van der Waals surface area contributed by atoms with Crippen LogP contribution in [0.1, 0.15) is 0 Å². The molecular weight excluding hydrogens is 196 g/mol. The topological polar surface area (TPSA) is 78.7 Å². The molecule has 1 aliphatic rings. The van der Waals surface area contributed by atoms with E-state index in [-0.39, 0.29) is 18.5 Å². The molecule has 0 aromatic heterocycles. The summed E-state index contributed by atoms with van der Waals surface area (Å²) in [5.41, 5.74) is 5.24. The van der Waals surface area contributed by atoms with Crippen LogP contribution in [0.3, 0.4) is 0 Å². The van der Waals surface area contributed by atoms with Crippen LogP contribution < -0.4 is 11.1 Å². The number of carbonyl (C=O) groups excluding carboxylic acids is 2. The Labute approximate surface area is 89.4 Å². The number of likely N-dealkylation sites (tertiary alicyclic amines) is 1. The van der Waals surface area contributed by atoms with Gasteiger partial charge in [0.2, 0.25) is 5.91 Å². The van der Waals surface area contributed by atoms with Crippen molar-refractivity contribution in [3.8, 4) is 0 Å². The van der Waals surface area contributed by atoms with Crippen molar-refractivity contribution in [1.82, 2.24) is 15.1 Å². The van der Waals surface area contributed by atoms with Gasteiger partial charge in [-0.2, -0.15) is 0 Å². The molecule has 0 radical (unpaired) electrons. The number of likely N-dealkylation sites (N-methyl/N-ethyl adjacent to an activating group) is 1. The summed E-state index contributed by atoms with van der Waals surface area (Å²) in [6, 6.07) is -0.0564. The minimum atomic E-state index is -0.0617. The molecule has 6 heteroatoms. The number of nitrogens with one attached hydrogen (secondary N) is 1. The summed E-state index contributed by atoms with van der Waals surface area (Å²) in [6.45, 7) is 2.13. The summed E-state index contributed by atoms with van der Waals surface area (Å²) < 4.78 is 0. The van der Waals surface area contributed by atoms with E-state index in [2.05, 4.69) is 5.32 Å². The fraction of sp³-hybridized carbons (Fsp3) is 0.778. The first-order chi connectivity index (χ1) is 7.08. The first kappa shape index (κ1) is 11.8. The molecule has 0 aromatic carbocycles. The highest BCUT2D eigenvalue weighted by Gasteiger charge is 2.31. The molecule has 0 aromatic rings. The van der Waals surface area contributed by atoms with E-state index >= 15 is 0 Å². The Morgan fingerprint density at radius 2 is 2.13 bits per heavy atom. The quantitative estimate of drug-likeness (QED) is 0.611. The lowest BCUT2D eigenvalue weighted by molar-refractivity contribution is -0.129. The van der Waals surface area contributed by atoms with Crippen molar-refractivity contribution in [3.63, 3.8) is 0 Å². The van der Waals surface area contributed by atoms with Gasteiger partial charge in [-0.25, -0.2) is 4.79 Å². The molecule has 6 nitrogen and oxygen atoms in total. The normalized spacial score (nSPS) is 15.8. The molecule has 1 heterocycles. The summed E-state index contributed by atoms with van der Waals surface area (Å²) in [5, 5.41) is 2.56. The number of urea groups is 1. The number of carbonyl (C=O) groups is 2. The number of amides is 3. The third kappa shape index (κ3) is 2.82. The molecule has 0 aliphatic carbocycles. The first-order valence-electron chi connectivity index (χ1n) is 4.99. The Morgan fingerprint density at radius 3 is 2.60 bits per heavy atom. The molecule has 0 spiro atoms. The van der Waals surface area contributed by atoms with Gasteiger partial charge in [-0.05, 0) is 0 Å². The summed E-state index contributed by atoms with van der Waals surface area (Å²) in [4.78, 5) is 25.6. The molecule has 1 fully saturated rings. The zero-order chi connectivity index (χ0) is 11.4. The van der Waals surface area contributed by atoms with Crippen LogP contribution in [0.2, 0.25) is 0 Å². The van der Waals surface area contributed by atoms with Crippen LogP contribution in [-0.4, -0.2) is 62.0 Å². The van der Waals surface area contributed by atoms with Gasteiger partial charge in [0, 0.05) is 39.6 Å². The van der Waals surface area contributed by atoms with Gasteiger partial charge in [-0.15, -0.1) is 0 Å². The second-order valence-corrected chi connectivity index (χ2v) is 3.80. The number of hydrogen-bond donors (Lipinski definition) is 2. The van der Waals surface area contributed by atoms with Crippen molar-refractivity contribution in [2.24, 2.45) is 11.7 Å². The molecule has 1 saturated heterocycles. The van der Waals surface area contributed by atoms with Crippen LogP contribution in [0.15, 0.2) is 0 Å². The highest BCUT2D eigenvalue weighted by atomic mass is 16.2. The predicted octanol–water partition coefficient (Wildman–Crippen LogP) is -1.33. The van der Waals surface area contributed by atoms with E-state index in [1.54, 1.807) is 23.9 Å². The molecule has 1 rings (SSSR count). The minimum Gasteiger partial charge on any atom is -0.344 e. The maximum atomic E-state index is 11.2. The van der Waals surface area contributed by atoms with Crippen LogP contribution in [-0.2, 0) is 4.79 Å². The third-order valence-electron chi connectivity index (χ3n) is 2.59. The van der Waals surface area contributed by atoms with Crippen LogP contribution in [0.4, 0.5) is 4.79 Å². The average molecular weight is 214 g/mol. The van der Waals surface area contributed by atoms with Gasteiger partial charge in [0.25, 0.3) is 0 Å². The van der Waals surface area contributed by atoms with Crippen molar-refractivity contribution in [1.29, 1.82) is 0 Å². The van der Waals surface area contributed by atoms with Crippen molar-refractivity contribution >= 4 is 11.9 Å². The standard InChI is InChI=1S/C9H18N4O2/c1-11-9(15)13-5-7(6-13)4-12(2)8(14)3-10/h7H,3-6,10H2,1-2H3,(H,11,15). The van der Waals surface area contributed by atoms with E-state index in [1.165, 1.54) is 0 Å². The first-order valence-corrected chi connectivity index (χ1v) is 4.99. The largest absolute Gasteiger partial charge is 0.344 e. The molecule has 3 amide bonds. The molecular formula is C9H18N4O2. The second kappa shape index (κ2) is 4.97. The highest BCUT2D eigenvalue weighted by Crippen LogP contribution is 2.15. The van der Waals surface area contributed by atoms with Gasteiger partial charge in [0.1, 0.15) is 0 Å². The highest BCUT2D eigenvalue weighted by molar-refractivity contribution is 5.78. The molecule has 86 valence electrons. The minimum absolute atomic E-state index is 0.0440. The number of nitrogens with zero attached hydrogens (tertiary/aromatic N) is 2. The molecule has 3 N–H and O–H groups in total. The average Bonchev–Trinajstić information content (AvgIpc) is 2.20. The van der Waals surface area contributed by atoms with Gasteiger partial charge in [0.05, 0.1) is 6.54 Å². The summed E-state index contributed by atoms with van der Waals surface area (Å²) in [5.74, 6) is 0.316. The molecule has 0 atom stereocenters. The van der Waals surface area contributed by atoms with E-state index in [9.17, 15) is 9.59 Å². The van der Waals surface area contributed by atoms with Crippen molar-refractivity contribution in [3.05, 3.63) is 0 Å². The monoisotopic (exact) mass is 214 g/mol. The van der Waals surface area contributed by atoms with E-state index in [1.807, 2.05) is 0 Å². The molecule has 0 unspecified atom stereocenters. The Hall–Kier alpha value is -1.30. The zero-order valence-electron chi connectivity index (χ0n) is 9.19. The molecule has 0 bridgehead atoms. The SMILES string of the molecule is CNC(=O)N1CC(CN(C)C(=O)CN)C1. The summed E-state index contributed by atoms with van der Waals surface area (Å²) in [6.07, 6.45) is 0. The smallest absolute Gasteiger partial charge is 0.317 e. The van der Waals surface area contributed by atoms with E-state index < -0.39 is 0 Å². The van der Waals surface area contributed by atoms with Crippen molar-refractivity contribution < 1.29 is 9.59 Å². The Morgan fingerprint density at radius 1 is 1.53 bits per heavy atom.